The first-order chi connectivity index (χ1) is 9.72. The van der Waals surface area contributed by atoms with E-state index in [1.165, 1.54) is 5.56 Å². The first-order valence-electron chi connectivity index (χ1n) is 6.76. The molecule has 1 unspecified atom stereocenters. The molecule has 0 bridgehead atoms. The van der Waals surface area contributed by atoms with Crippen LogP contribution >= 0.6 is 11.6 Å². The predicted molar refractivity (Wildman–Crippen MR) is 82.9 cm³/mol. The number of halogens is 1. The van der Waals surface area contributed by atoms with Crippen LogP contribution in [0, 0.1) is 0 Å². The lowest BCUT2D eigenvalue weighted by Gasteiger charge is -2.22. The van der Waals surface area contributed by atoms with Crippen molar-refractivity contribution in [2.45, 2.75) is 18.8 Å². The Balaban J connectivity index is 1.89. The van der Waals surface area contributed by atoms with Crippen LogP contribution in [0.25, 0.3) is 5.57 Å². The van der Waals surface area contributed by atoms with E-state index in [0.29, 0.717) is 6.42 Å². The molecule has 2 aromatic carbocycles. The summed E-state index contributed by atoms with van der Waals surface area (Å²) in [4.78, 5) is 12.0. The molecule has 0 saturated carbocycles. The van der Waals surface area contributed by atoms with Gasteiger partial charge in [-0.3, -0.25) is 4.79 Å². The zero-order chi connectivity index (χ0) is 13.9. The molecule has 2 heteroatoms. The number of carbonyl (C=O) groups excluding carboxylic acids is 1. The predicted octanol–water partition coefficient (Wildman–Crippen LogP) is 4.87. The van der Waals surface area contributed by atoms with Crippen LogP contribution in [0.4, 0.5) is 0 Å². The lowest BCUT2D eigenvalue weighted by molar-refractivity contribution is -0.115. The average molecular weight is 283 g/mol. The molecule has 2 aromatic rings. The Hall–Kier alpha value is -1.86. The van der Waals surface area contributed by atoms with Gasteiger partial charge in [-0.05, 0) is 47.2 Å². The van der Waals surface area contributed by atoms with Gasteiger partial charge in [0.2, 0.25) is 0 Å². The number of benzene rings is 2. The van der Waals surface area contributed by atoms with E-state index in [9.17, 15) is 4.79 Å². The Morgan fingerprint density at radius 2 is 1.60 bits per heavy atom. The highest BCUT2D eigenvalue weighted by Crippen LogP contribution is 2.36. The van der Waals surface area contributed by atoms with E-state index in [1.807, 2.05) is 42.5 Å². The number of hydrogen-bond acceptors (Lipinski definition) is 1. The molecule has 0 aromatic heterocycles. The standard InChI is InChI=1S/C18H15ClO/c19-17-8-6-14(7-9-17)16-10-15(11-18(20)12-16)13-4-2-1-3-5-13/h1-9,12,15H,10-11H2. The van der Waals surface area contributed by atoms with Crippen LogP contribution in [0.5, 0.6) is 0 Å². The van der Waals surface area contributed by atoms with E-state index >= 15 is 0 Å². The van der Waals surface area contributed by atoms with Crippen LogP contribution in [0.15, 0.2) is 60.7 Å². The van der Waals surface area contributed by atoms with Gasteiger partial charge in [-0.2, -0.15) is 0 Å². The van der Waals surface area contributed by atoms with E-state index in [-0.39, 0.29) is 11.7 Å². The normalized spacial score (nSPS) is 18.8. The van der Waals surface area contributed by atoms with E-state index in [1.54, 1.807) is 6.08 Å². The second kappa shape index (κ2) is 5.64. The van der Waals surface area contributed by atoms with Crippen molar-refractivity contribution in [3.8, 4) is 0 Å². The second-order valence-electron chi connectivity index (χ2n) is 5.16. The Labute approximate surface area is 123 Å². The second-order valence-corrected chi connectivity index (χ2v) is 5.60. The maximum absolute atomic E-state index is 12.0. The van der Waals surface area contributed by atoms with Crippen molar-refractivity contribution in [3.05, 3.63) is 76.8 Å². The van der Waals surface area contributed by atoms with Gasteiger partial charge in [0, 0.05) is 11.4 Å². The lowest BCUT2D eigenvalue weighted by atomic mass is 9.81. The first kappa shape index (κ1) is 13.1. The largest absolute Gasteiger partial charge is 0.295 e. The zero-order valence-corrected chi connectivity index (χ0v) is 11.8. The molecule has 20 heavy (non-hydrogen) atoms. The van der Waals surface area contributed by atoms with Crippen LogP contribution in [0.2, 0.25) is 5.02 Å². The van der Waals surface area contributed by atoms with Gasteiger partial charge >= 0.3 is 0 Å². The molecule has 0 aliphatic heterocycles. The molecule has 0 heterocycles. The fraction of sp³-hybridized carbons (Fsp3) is 0.167. The Kier molecular flexibility index (Phi) is 3.70. The van der Waals surface area contributed by atoms with Gasteiger partial charge in [0.05, 0.1) is 0 Å². The summed E-state index contributed by atoms with van der Waals surface area (Å²) < 4.78 is 0. The Morgan fingerprint density at radius 3 is 2.30 bits per heavy atom. The summed E-state index contributed by atoms with van der Waals surface area (Å²) in [5.74, 6) is 0.481. The van der Waals surface area contributed by atoms with Crippen LogP contribution in [-0.4, -0.2) is 5.78 Å². The molecule has 0 spiro atoms. The smallest absolute Gasteiger partial charge is 0.156 e. The van der Waals surface area contributed by atoms with Gasteiger partial charge in [-0.1, -0.05) is 54.1 Å². The maximum atomic E-state index is 12.0. The highest BCUT2D eigenvalue weighted by atomic mass is 35.5. The molecular weight excluding hydrogens is 268 g/mol. The molecule has 0 fully saturated rings. The van der Waals surface area contributed by atoms with Crippen molar-refractivity contribution in [2.75, 3.05) is 0 Å². The third kappa shape index (κ3) is 2.83. The van der Waals surface area contributed by atoms with Gasteiger partial charge in [0.1, 0.15) is 0 Å². The van der Waals surface area contributed by atoms with Gasteiger partial charge in [0.15, 0.2) is 5.78 Å². The van der Waals surface area contributed by atoms with E-state index in [4.69, 9.17) is 11.6 Å². The zero-order valence-electron chi connectivity index (χ0n) is 11.1. The summed E-state index contributed by atoms with van der Waals surface area (Å²) in [6.45, 7) is 0. The van der Waals surface area contributed by atoms with Gasteiger partial charge < -0.3 is 0 Å². The Morgan fingerprint density at radius 1 is 0.900 bits per heavy atom. The summed E-state index contributed by atoms with van der Waals surface area (Å²) in [7, 11) is 0. The van der Waals surface area contributed by atoms with Crippen LogP contribution in [0.1, 0.15) is 29.9 Å². The van der Waals surface area contributed by atoms with Crippen LogP contribution < -0.4 is 0 Å². The SMILES string of the molecule is O=C1C=C(c2ccc(Cl)cc2)CC(c2ccccc2)C1. The Bertz CT molecular complexity index is 641. The molecule has 100 valence electrons. The number of ketones is 1. The van der Waals surface area contributed by atoms with E-state index in [2.05, 4.69) is 12.1 Å². The fourth-order valence-corrected chi connectivity index (χ4v) is 2.84. The van der Waals surface area contributed by atoms with E-state index in [0.717, 1.165) is 22.6 Å². The molecule has 1 aliphatic carbocycles. The molecule has 1 atom stereocenters. The third-order valence-corrected chi connectivity index (χ3v) is 3.99. The van der Waals surface area contributed by atoms with Crippen molar-refractivity contribution in [1.29, 1.82) is 0 Å². The maximum Gasteiger partial charge on any atom is 0.156 e. The topological polar surface area (TPSA) is 17.1 Å². The van der Waals surface area contributed by atoms with Crippen LogP contribution in [-0.2, 0) is 4.79 Å². The van der Waals surface area contributed by atoms with E-state index < -0.39 is 0 Å². The highest BCUT2D eigenvalue weighted by molar-refractivity contribution is 6.30. The third-order valence-electron chi connectivity index (χ3n) is 3.74. The first-order valence-corrected chi connectivity index (χ1v) is 7.14. The molecule has 3 rings (SSSR count). The number of carbonyl (C=O) groups is 1. The van der Waals surface area contributed by atoms with Crippen molar-refractivity contribution < 1.29 is 4.79 Å². The quantitative estimate of drug-likeness (QED) is 0.768. The summed E-state index contributed by atoms with van der Waals surface area (Å²) in [5.41, 5.74) is 3.43. The number of rotatable bonds is 2. The molecule has 1 nitrogen and oxygen atoms in total. The summed E-state index contributed by atoms with van der Waals surface area (Å²) >= 11 is 5.92. The van der Waals surface area contributed by atoms with Crippen molar-refractivity contribution in [1.82, 2.24) is 0 Å². The monoisotopic (exact) mass is 282 g/mol. The van der Waals surface area contributed by atoms with Gasteiger partial charge in [-0.25, -0.2) is 0 Å². The van der Waals surface area contributed by atoms with Crippen LogP contribution in [0.3, 0.4) is 0 Å². The number of allylic oxidation sites excluding steroid dienone is 2. The minimum atomic E-state index is 0.204. The summed E-state index contributed by atoms with van der Waals surface area (Å²) in [6.07, 6.45) is 3.28. The fourth-order valence-electron chi connectivity index (χ4n) is 2.72. The van der Waals surface area contributed by atoms with Gasteiger partial charge in [0.25, 0.3) is 0 Å². The summed E-state index contributed by atoms with van der Waals surface area (Å²) in [5, 5.41) is 0.719. The van der Waals surface area contributed by atoms with Crippen molar-refractivity contribution in [2.24, 2.45) is 0 Å². The molecule has 0 radical (unpaired) electrons. The number of hydrogen-bond donors (Lipinski definition) is 0. The molecular formula is C18H15ClO. The molecule has 0 N–H and O–H groups in total. The van der Waals surface area contributed by atoms with Crippen molar-refractivity contribution >= 4 is 23.0 Å². The van der Waals surface area contributed by atoms with Crippen molar-refractivity contribution in [3.63, 3.8) is 0 Å². The van der Waals surface area contributed by atoms with Gasteiger partial charge in [-0.15, -0.1) is 0 Å². The lowest BCUT2D eigenvalue weighted by Crippen LogP contribution is -2.12. The summed E-state index contributed by atoms with van der Waals surface area (Å²) in [6, 6.07) is 18.0. The minimum Gasteiger partial charge on any atom is -0.295 e. The molecule has 0 saturated heterocycles. The average Bonchev–Trinajstić information content (AvgIpc) is 2.48. The minimum absolute atomic E-state index is 0.204. The molecule has 0 amide bonds. The molecule has 1 aliphatic rings. The highest BCUT2D eigenvalue weighted by Gasteiger charge is 2.22.